The van der Waals surface area contributed by atoms with Crippen molar-refractivity contribution in [3.63, 3.8) is 0 Å². The third kappa shape index (κ3) is 6.25. The lowest BCUT2D eigenvalue weighted by molar-refractivity contribution is -0.113. The fraction of sp³-hybridized carbons (Fsp3) is 0.308. The number of carbonyl (C=O) groups excluding carboxylic acids is 2. The molecule has 0 radical (unpaired) electrons. The number of para-hydroxylation sites is 1. The van der Waals surface area contributed by atoms with Crippen molar-refractivity contribution in [2.45, 2.75) is 31.1 Å². The summed E-state index contributed by atoms with van der Waals surface area (Å²) >= 11 is 1.28. The van der Waals surface area contributed by atoms with E-state index in [0.717, 1.165) is 18.8 Å². The van der Waals surface area contributed by atoms with Gasteiger partial charge in [-0.3, -0.25) is 9.59 Å². The number of nitrogens with zero attached hydrogens (tertiary/aromatic N) is 4. The molecule has 1 saturated heterocycles. The molecule has 0 bridgehead atoms. The van der Waals surface area contributed by atoms with Gasteiger partial charge in [-0.15, -0.1) is 16.8 Å². The van der Waals surface area contributed by atoms with Crippen LogP contribution in [0.1, 0.15) is 29.0 Å². The molecule has 1 aliphatic rings. The van der Waals surface area contributed by atoms with E-state index in [2.05, 4.69) is 32.3 Å². The number of ether oxygens (including phenoxy) is 1. The number of amides is 2. The number of aromatic nitrogens is 3. The van der Waals surface area contributed by atoms with Crippen LogP contribution in [0.4, 0.5) is 11.4 Å². The number of hydrogen-bond acceptors (Lipinski definition) is 7. The molecule has 36 heavy (non-hydrogen) atoms. The number of rotatable bonds is 11. The number of allylic oxidation sites excluding steroid dienone is 1. The zero-order valence-corrected chi connectivity index (χ0v) is 21.1. The Bertz CT molecular complexity index is 1200. The molecule has 0 unspecified atom stereocenters. The van der Waals surface area contributed by atoms with Gasteiger partial charge >= 0.3 is 0 Å². The second-order valence-electron chi connectivity index (χ2n) is 8.26. The number of nitrogens with one attached hydrogen (secondary N) is 2. The topological polar surface area (TPSA) is 101 Å². The SMILES string of the molecule is C=CCn1c(CNC(=O)c2ccccc2OC)nnc1SCC(=O)Nc1ccc(N2CCCC2)cc1. The minimum Gasteiger partial charge on any atom is -0.496 e. The molecule has 10 heteroatoms. The molecular weight excluding hydrogens is 476 g/mol. The Hall–Kier alpha value is -3.79. The van der Waals surface area contributed by atoms with Gasteiger partial charge in [-0.1, -0.05) is 30.0 Å². The van der Waals surface area contributed by atoms with Crippen LogP contribution >= 0.6 is 11.8 Å². The monoisotopic (exact) mass is 506 g/mol. The first-order valence-corrected chi connectivity index (χ1v) is 12.8. The van der Waals surface area contributed by atoms with Crippen LogP contribution < -0.4 is 20.3 Å². The summed E-state index contributed by atoms with van der Waals surface area (Å²) < 4.78 is 7.09. The number of benzene rings is 2. The number of thioether (sulfide) groups is 1. The maximum Gasteiger partial charge on any atom is 0.255 e. The van der Waals surface area contributed by atoms with Gasteiger partial charge in [0.05, 0.1) is 25.0 Å². The fourth-order valence-corrected chi connectivity index (χ4v) is 4.78. The van der Waals surface area contributed by atoms with Crippen molar-refractivity contribution < 1.29 is 14.3 Å². The number of methoxy groups -OCH3 is 1. The van der Waals surface area contributed by atoms with Crippen LogP contribution in [0, 0.1) is 0 Å². The highest BCUT2D eigenvalue weighted by Gasteiger charge is 2.17. The smallest absolute Gasteiger partial charge is 0.255 e. The van der Waals surface area contributed by atoms with Crippen molar-refractivity contribution in [3.8, 4) is 5.75 Å². The van der Waals surface area contributed by atoms with E-state index in [4.69, 9.17) is 4.74 Å². The van der Waals surface area contributed by atoms with E-state index in [-0.39, 0.29) is 24.1 Å². The van der Waals surface area contributed by atoms with Gasteiger partial charge in [-0.05, 0) is 49.2 Å². The Morgan fingerprint density at radius 3 is 2.58 bits per heavy atom. The second kappa shape index (κ2) is 12.3. The maximum atomic E-state index is 12.6. The molecular formula is C26H30N6O3S. The first-order chi connectivity index (χ1) is 17.6. The van der Waals surface area contributed by atoms with Crippen molar-refractivity contribution in [1.29, 1.82) is 0 Å². The van der Waals surface area contributed by atoms with Crippen LogP contribution in [0.15, 0.2) is 66.3 Å². The Balaban J connectivity index is 1.33. The zero-order chi connectivity index (χ0) is 25.3. The summed E-state index contributed by atoms with van der Waals surface area (Å²) in [6, 6.07) is 15.0. The van der Waals surface area contributed by atoms with Gasteiger partial charge in [0.1, 0.15) is 5.75 Å². The van der Waals surface area contributed by atoms with Crippen molar-refractivity contribution in [1.82, 2.24) is 20.1 Å². The highest BCUT2D eigenvalue weighted by Crippen LogP contribution is 2.23. The van der Waals surface area contributed by atoms with E-state index in [1.807, 2.05) is 28.8 Å². The Kier molecular flexibility index (Phi) is 8.62. The lowest BCUT2D eigenvalue weighted by Gasteiger charge is -2.17. The standard InChI is InChI=1S/C26H30N6O3S/c1-3-14-32-23(17-27-25(34)21-8-4-5-9-22(21)35-2)29-30-26(32)36-18-24(33)28-19-10-12-20(13-11-19)31-15-6-7-16-31/h3-5,8-13H,1,6-7,14-18H2,2H3,(H,27,34)(H,28,33). The Morgan fingerprint density at radius 1 is 1.11 bits per heavy atom. The molecule has 9 nitrogen and oxygen atoms in total. The summed E-state index contributed by atoms with van der Waals surface area (Å²) in [6.07, 6.45) is 4.17. The van der Waals surface area contributed by atoms with Crippen molar-refractivity contribution in [2.75, 3.05) is 36.2 Å². The molecule has 2 heterocycles. The van der Waals surface area contributed by atoms with Gasteiger partial charge < -0.3 is 24.8 Å². The summed E-state index contributed by atoms with van der Waals surface area (Å²) in [5, 5.41) is 14.8. The number of hydrogen-bond donors (Lipinski definition) is 2. The minimum absolute atomic E-state index is 0.131. The van der Waals surface area contributed by atoms with Crippen LogP contribution in [-0.4, -0.2) is 52.5 Å². The highest BCUT2D eigenvalue weighted by atomic mass is 32.2. The molecule has 0 saturated carbocycles. The molecule has 2 amide bonds. The Morgan fingerprint density at radius 2 is 1.86 bits per heavy atom. The quantitative estimate of drug-likeness (QED) is 0.302. The van der Waals surface area contributed by atoms with E-state index >= 15 is 0 Å². The van der Waals surface area contributed by atoms with E-state index < -0.39 is 0 Å². The molecule has 0 aliphatic carbocycles. The summed E-state index contributed by atoms with van der Waals surface area (Å²) in [6.45, 7) is 6.59. The summed E-state index contributed by atoms with van der Waals surface area (Å²) in [4.78, 5) is 27.5. The minimum atomic E-state index is -0.273. The van der Waals surface area contributed by atoms with Crippen LogP contribution in [-0.2, 0) is 17.9 Å². The van der Waals surface area contributed by atoms with E-state index in [1.165, 1.54) is 37.4 Å². The number of carbonyl (C=O) groups is 2. The second-order valence-corrected chi connectivity index (χ2v) is 9.20. The molecule has 2 aromatic carbocycles. The van der Waals surface area contributed by atoms with Crippen LogP contribution in [0.2, 0.25) is 0 Å². The van der Waals surface area contributed by atoms with E-state index in [1.54, 1.807) is 30.3 Å². The van der Waals surface area contributed by atoms with Gasteiger partial charge in [0.2, 0.25) is 5.91 Å². The summed E-state index contributed by atoms with van der Waals surface area (Å²) in [5.41, 5.74) is 2.38. The molecule has 2 N–H and O–H groups in total. The largest absolute Gasteiger partial charge is 0.496 e. The Labute approximate surface area is 214 Å². The first kappa shape index (κ1) is 25.3. The van der Waals surface area contributed by atoms with E-state index in [9.17, 15) is 9.59 Å². The van der Waals surface area contributed by atoms with Gasteiger partial charge in [-0.2, -0.15) is 0 Å². The zero-order valence-electron chi connectivity index (χ0n) is 20.3. The molecule has 188 valence electrons. The molecule has 1 fully saturated rings. The van der Waals surface area contributed by atoms with Crippen LogP contribution in [0.5, 0.6) is 5.75 Å². The molecule has 1 aromatic heterocycles. The summed E-state index contributed by atoms with van der Waals surface area (Å²) in [7, 11) is 1.52. The lowest BCUT2D eigenvalue weighted by Crippen LogP contribution is -2.25. The number of anilines is 2. The molecule has 0 atom stereocenters. The average Bonchev–Trinajstić information content (AvgIpc) is 3.57. The summed E-state index contributed by atoms with van der Waals surface area (Å²) in [5.74, 6) is 0.837. The normalized spacial score (nSPS) is 12.9. The average molecular weight is 507 g/mol. The fourth-order valence-electron chi connectivity index (χ4n) is 4.01. The van der Waals surface area contributed by atoms with E-state index in [0.29, 0.717) is 28.8 Å². The predicted octanol–water partition coefficient (Wildman–Crippen LogP) is 3.73. The lowest BCUT2D eigenvalue weighted by atomic mass is 10.2. The molecule has 0 spiro atoms. The first-order valence-electron chi connectivity index (χ1n) is 11.8. The van der Waals surface area contributed by atoms with Crippen molar-refractivity contribution in [3.05, 3.63) is 72.6 Å². The van der Waals surface area contributed by atoms with Gasteiger partial charge in [0, 0.05) is 31.0 Å². The van der Waals surface area contributed by atoms with Gasteiger partial charge in [0.15, 0.2) is 11.0 Å². The van der Waals surface area contributed by atoms with Gasteiger partial charge in [0.25, 0.3) is 5.91 Å². The third-order valence-electron chi connectivity index (χ3n) is 5.82. The van der Waals surface area contributed by atoms with Crippen molar-refractivity contribution in [2.24, 2.45) is 0 Å². The van der Waals surface area contributed by atoms with Crippen LogP contribution in [0.3, 0.4) is 0 Å². The molecule has 1 aliphatic heterocycles. The van der Waals surface area contributed by atoms with Crippen molar-refractivity contribution >= 4 is 35.0 Å². The van der Waals surface area contributed by atoms with Crippen LogP contribution in [0.25, 0.3) is 0 Å². The maximum absolute atomic E-state index is 12.6. The molecule has 3 aromatic rings. The van der Waals surface area contributed by atoms with Gasteiger partial charge in [-0.25, -0.2) is 0 Å². The molecule has 4 rings (SSSR count). The highest BCUT2D eigenvalue weighted by molar-refractivity contribution is 7.99. The third-order valence-corrected chi connectivity index (χ3v) is 6.79. The predicted molar refractivity (Wildman–Crippen MR) is 142 cm³/mol.